The maximum Gasteiger partial charge on any atom is 0.295 e. The van der Waals surface area contributed by atoms with Crippen molar-refractivity contribution in [3.8, 4) is 0 Å². The quantitative estimate of drug-likeness (QED) is 0.681. The number of nitrogens with one attached hydrogen (secondary N) is 1. The second-order valence-electron chi connectivity index (χ2n) is 3.48. The number of nitrogens with zero attached hydrogens (tertiary/aromatic N) is 1. The predicted octanol–water partition coefficient (Wildman–Crippen LogP) is 4.06. The maximum absolute atomic E-state index is 12.9. The van der Waals surface area contributed by atoms with E-state index in [-0.39, 0.29) is 11.4 Å². The Morgan fingerprint density at radius 1 is 1.39 bits per heavy atom. The summed E-state index contributed by atoms with van der Waals surface area (Å²) in [6, 6.07) is 7.00. The fourth-order valence-electron chi connectivity index (χ4n) is 1.43. The third kappa shape index (κ3) is 2.96. The average Bonchev–Trinajstić information content (AvgIpc) is 2.73. The van der Waals surface area contributed by atoms with Crippen LogP contribution in [0.2, 0.25) is 4.34 Å². The van der Waals surface area contributed by atoms with Crippen molar-refractivity contribution in [3.63, 3.8) is 0 Å². The SMILES string of the molecule is O=[N+]([O-])c1cc(F)ccc1NCc1ccc(Cl)s1. The molecule has 94 valence electrons. The lowest BCUT2D eigenvalue weighted by Crippen LogP contribution is -2.01. The van der Waals surface area contributed by atoms with Crippen LogP contribution in [0.25, 0.3) is 0 Å². The number of thiophene rings is 1. The molecule has 0 aliphatic heterocycles. The van der Waals surface area contributed by atoms with Crippen LogP contribution in [0.4, 0.5) is 15.8 Å². The van der Waals surface area contributed by atoms with Crippen LogP contribution in [-0.2, 0) is 6.54 Å². The van der Waals surface area contributed by atoms with E-state index in [1.54, 1.807) is 6.07 Å². The molecule has 0 aliphatic rings. The van der Waals surface area contributed by atoms with Gasteiger partial charge in [0.1, 0.15) is 11.5 Å². The van der Waals surface area contributed by atoms with E-state index in [4.69, 9.17) is 11.6 Å². The molecule has 7 heteroatoms. The Balaban J connectivity index is 2.16. The zero-order valence-electron chi connectivity index (χ0n) is 9.02. The van der Waals surface area contributed by atoms with Crippen LogP contribution in [-0.4, -0.2) is 4.92 Å². The minimum absolute atomic E-state index is 0.280. The highest BCUT2D eigenvalue weighted by Gasteiger charge is 2.14. The summed E-state index contributed by atoms with van der Waals surface area (Å²) in [5, 5.41) is 13.7. The molecular formula is C11H8ClFN2O2S. The molecule has 0 bridgehead atoms. The topological polar surface area (TPSA) is 55.2 Å². The molecule has 0 spiro atoms. The molecule has 0 aliphatic carbocycles. The molecule has 0 radical (unpaired) electrons. The molecule has 0 fully saturated rings. The molecule has 0 unspecified atom stereocenters. The van der Waals surface area contributed by atoms with E-state index in [2.05, 4.69) is 5.32 Å². The second-order valence-corrected chi connectivity index (χ2v) is 5.28. The fraction of sp³-hybridized carbons (Fsp3) is 0.0909. The Morgan fingerprint density at radius 3 is 2.78 bits per heavy atom. The van der Waals surface area contributed by atoms with Gasteiger partial charge in [0.2, 0.25) is 0 Å². The molecule has 2 rings (SSSR count). The number of hydrogen-bond acceptors (Lipinski definition) is 4. The number of nitro groups is 1. The summed E-state index contributed by atoms with van der Waals surface area (Å²) in [6.45, 7) is 0.407. The van der Waals surface area contributed by atoms with Gasteiger partial charge in [0.15, 0.2) is 0 Å². The van der Waals surface area contributed by atoms with Crippen molar-refractivity contribution in [2.75, 3.05) is 5.32 Å². The molecule has 18 heavy (non-hydrogen) atoms. The number of rotatable bonds is 4. The highest BCUT2D eigenvalue weighted by atomic mass is 35.5. The zero-order valence-corrected chi connectivity index (χ0v) is 10.6. The van der Waals surface area contributed by atoms with Gasteiger partial charge in [0, 0.05) is 11.4 Å². The summed E-state index contributed by atoms with van der Waals surface area (Å²) in [5.74, 6) is -0.633. The second kappa shape index (κ2) is 5.32. The number of halogens is 2. The smallest absolute Gasteiger partial charge is 0.295 e. The van der Waals surface area contributed by atoms with Gasteiger partial charge >= 0.3 is 0 Å². The molecule has 0 atom stereocenters. The zero-order chi connectivity index (χ0) is 13.1. The molecule has 0 saturated heterocycles. The third-order valence-corrected chi connectivity index (χ3v) is 3.47. The molecule has 1 N–H and O–H groups in total. The van der Waals surface area contributed by atoms with Crippen LogP contribution in [0, 0.1) is 15.9 Å². The first-order valence-electron chi connectivity index (χ1n) is 4.98. The van der Waals surface area contributed by atoms with Crippen molar-refractivity contribution in [1.29, 1.82) is 0 Å². The van der Waals surface area contributed by atoms with Crippen molar-refractivity contribution >= 4 is 34.3 Å². The van der Waals surface area contributed by atoms with Crippen LogP contribution >= 0.6 is 22.9 Å². The molecule has 2 aromatic rings. The minimum Gasteiger partial charge on any atom is -0.375 e. The normalized spacial score (nSPS) is 10.3. The Labute approximate surface area is 111 Å². The summed E-state index contributed by atoms with van der Waals surface area (Å²) in [5.41, 5.74) is 0.00331. The number of hydrogen-bond donors (Lipinski definition) is 1. The number of benzene rings is 1. The Bertz CT molecular complexity index is 588. The Hall–Kier alpha value is -1.66. The van der Waals surface area contributed by atoms with Crippen molar-refractivity contribution in [1.82, 2.24) is 0 Å². The maximum atomic E-state index is 12.9. The standard InChI is InChI=1S/C11H8ClFN2O2S/c12-11-4-2-8(18-11)6-14-9-3-1-7(13)5-10(9)15(16)17/h1-5,14H,6H2. The van der Waals surface area contributed by atoms with Crippen LogP contribution in [0.1, 0.15) is 4.88 Å². The van der Waals surface area contributed by atoms with Gasteiger partial charge in [0.25, 0.3) is 5.69 Å². The Kier molecular flexibility index (Phi) is 3.78. The van der Waals surface area contributed by atoms with Crippen LogP contribution in [0.15, 0.2) is 30.3 Å². The third-order valence-electron chi connectivity index (χ3n) is 2.24. The Morgan fingerprint density at radius 2 is 2.17 bits per heavy atom. The van der Waals surface area contributed by atoms with E-state index in [9.17, 15) is 14.5 Å². The van der Waals surface area contributed by atoms with Gasteiger partial charge in [-0.05, 0) is 24.3 Å². The summed E-state index contributed by atoms with van der Waals surface area (Å²) < 4.78 is 13.6. The largest absolute Gasteiger partial charge is 0.375 e. The molecule has 4 nitrogen and oxygen atoms in total. The van der Waals surface area contributed by atoms with Gasteiger partial charge in [-0.25, -0.2) is 4.39 Å². The highest BCUT2D eigenvalue weighted by Crippen LogP contribution is 2.27. The molecule has 1 aromatic heterocycles. The summed E-state index contributed by atoms with van der Waals surface area (Å²) in [6.07, 6.45) is 0. The summed E-state index contributed by atoms with van der Waals surface area (Å²) >= 11 is 7.16. The molecule has 1 aromatic carbocycles. The minimum atomic E-state index is -0.633. The van der Waals surface area contributed by atoms with Crippen LogP contribution < -0.4 is 5.32 Å². The first kappa shape index (κ1) is 12.8. The molecule has 0 saturated carbocycles. The fourth-order valence-corrected chi connectivity index (χ4v) is 2.46. The molecule has 0 amide bonds. The molecule has 1 heterocycles. The van der Waals surface area contributed by atoms with Gasteiger partial charge in [-0.15, -0.1) is 11.3 Å². The van der Waals surface area contributed by atoms with Crippen molar-refractivity contribution in [3.05, 3.63) is 55.5 Å². The lowest BCUT2D eigenvalue weighted by atomic mass is 10.2. The van der Waals surface area contributed by atoms with Gasteiger partial charge < -0.3 is 5.32 Å². The first-order chi connectivity index (χ1) is 8.56. The van der Waals surface area contributed by atoms with E-state index >= 15 is 0 Å². The van der Waals surface area contributed by atoms with Crippen molar-refractivity contribution in [2.45, 2.75) is 6.54 Å². The van der Waals surface area contributed by atoms with Crippen LogP contribution in [0.5, 0.6) is 0 Å². The van der Waals surface area contributed by atoms with Gasteiger partial charge in [0.05, 0.1) is 15.3 Å². The van der Waals surface area contributed by atoms with Gasteiger partial charge in [-0.3, -0.25) is 10.1 Å². The van der Waals surface area contributed by atoms with Gasteiger partial charge in [-0.2, -0.15) is 0 Å². The first-order valence-corrected chi connectivity index (χ1v) is 6.18. The van der Waals surface area contributed by atoms with E-state index in [1.165, 1.54) is 23.5 Å². The predicted molar refractivity (Wildman–Crippen MR) is 69.7 cm³/mol. The lowest BCUT2D eigenvalue weighted by Gasteiger charge is -2.05. The van der Waals surface area contributed by atoms with Crippen molar-refractivity contribution in [2.24, 2.45) is 0 Å². The van der Waals surface area contributed by atoms with E-state index in [0.717, 1.165) is 10.9 Å². The number of nitro benzene ring substituents is 1. The average molecular weight is 287 g/mol. The van der Waals surface area contributed by atoms with E-state index < -0.39 is 10.7 Å². The van der Waals surface area contributed by atoms with Crippen molar-refractivity contribution < 1.29 is 9.31 Å². The molecular weight excluding hydrogens is 279 g/mol. The van der Waals surface area contributed by atoms with Crippen LogP contribution in [0.3, 0.4) is 0 Å². The lowest BCUT2D eigenvalue weighted by molar-refractivity contribution is -0.384. The van der Waals surface area contributed by atoms with E-state index in [0.29, 0.717) is 10.9 Å². The van der Waals surface area contributed by atoms with E-state index in [1.807, 2.05) is 6.07 Å². The monoisotopic (exact) mass is 286 g/mol. The number of anilines is 1. The summed E-state index contributed by atoms with van der Waals surface area (Å²) in [4.78, 5) is 11.1. The van der Waals surface area contributed by atoms with Gasteiger partial charge in [-0.1, -0.05) is 11.6 Å². The highest BCUT2D eigenvalue weighted by molar-refractivity contribution is 7.16. The summed E-state index contributed by atoms with van der Waals surface area (Å²) in [7, 11) is 0.